The Balaban J connectivity index is 1.78. The van der Waals surface area contributed by atoms with Crippen LogP contribution < -0.4 is 4.57 Å². The Bertz CT molecular complexity index is 939. The first-order valence-corrected chi connectivity index (χ1v) is 9.49. The van der Waals surface area contributed by atoms with Gasteiger partial charge < -0.3 is 0 Å². The molecule has 2 aromatic carbocycles. The summed E-state index contributed by atoms with van der Waals surface area (Å²) in [5.41, 5.74) is 6.79. The number of hydrogen-bond donors (Lipinski definition) is 0. The van der Waals surface area contributed by atoms with Crippen molar-refractivity contribution in [2.45, 2.75) is 38.5 Å². The summed E-state index contributed by atoms with van der Waals surface area (Å²) in [4.78, 5) is 0. The average Bonchev–Trinajstić information content (AvgIpc) is 3.18. The molecule has 26 heavy (non-hydrogen) atoms. The molecule has 0 aliphatic heterocycles. The molecular weight excluding hydrogens is 321 g/mol. The van der Waals surface area contributed by atoms with Crippen LogP contribution in [0.4, 0.5) is 4.39 Å². The normalized spacial score (nSPS) is 14.7. The number of nitrogens with zero attached hydrogens (tertiary/aromatic N) is 1. The van der Waals surface area contributed by atoms with E-state index in [1.54, 1.807) is 6.07 Å². The average molecular weight is 346 g/mol. The first-order chi connectivity index (χ1) is 12.6. The maximum absolute atomic E-state index is 14.4. The molecule has 0 unspecified atom stereocenters. The summed E-state index contributed by atoms with van der Waals surface area (Å²) in [7, 11) is 2.07. The Morgan fingerprint density at radius 1 is 0.923 bits per heavy atom. The third kappa shape index (κ3) is 3.16. The first kappa shape index (κ1) is 17.0. The Kier molecular flexibility index (Phi) is 4.58. The van der Waals surface area contributed by atoms with Crippen molar-refractivity contribution in [2.24, 2.45) is 7.05 Å². The Morgan fingerprint density at radius 2 is 1.65 bits per heavy atom. The highest BCUT2D eigenvalue weighted by Gasteiger charge is 2.21. The first-order valence-electron chi connectivity index (χ1n) is 9.49. The van der Waals surface area contributed by atoms with Gasteiger partial charge in [0.1, 0.15) is 12.9 Å². The van der Waals surface area contributed by atoms with Crippen LogP contribution in [0, 0.1) is 12.7 Å². The number of halogens is 1. The lowest BCUT2D eigenvalue weighted by Crippen LogP contribution is -2.30. The monoisotopic (exact) mass is 346 g/mol. The largest absolute Gasteiger partial charge is 0.213 e. The van der Waals surface area contributed by atoms with Crippen LogP contribution in [0.1, 0.15) is 42.7 Å². The SMILES string of the molecule is Cc1ccccc1-c1cc(-c2ccc(F)c(C3CCCC3)c2)cc[n+]1C. The van der Waals surface area contributed by atoms with Crippen molar-refractivity contribution in [3.63, 3.8) is 0 Å². The van der Waals surface area contributed by atoms with E-state index in [4.69, 9.17) is 0 Å². The number of hydrogen-bond acceptors (Lipinski definition) is 0. The van der Waals surface area contributed by atoms with Gasteiger partial charge in [-0.05, 0) is 66.1 Å². The molecule has 0 saturated heterocycles. The number of aromatic nitrogens is 1. The van der Waals surface area contributed by atoms with Crippen molar-refractivity contribution in [2.75, 3.05) is 0 Å². The highest BCUT2D eigenvalue weighted by molar-refractivity contribution is 5.70. The molecule has 0 spiro atoms. The topological polar surface area (TPSA) is 3.88 Å². The summed E-state index contributed by atoms with van der Waals surface area (Å²) in [5.74, 6) is 0.326. The van der Waals surface area contributed by atoms with Crippen molar-refractivity contribution >= 4 is 0 Å². The minimum Gasteiger partial charge on any atom is -0.207 e. The molecule has 0 atom stereocenters. The Labute approximate surface area is 155 Å². The molecule has 1 aromatic heterocycles. The lowest BCUT2D eigenvalue weighted by Gasteiger charge is -2.13. The third-order valence-electron chi connectivity index (χ3n) is 5.70. The van der Waals surface area contributed by atoms with Crippen molar-refractivity contribution in [3.05, 3.63) is 77.7 Å². The zero-order chi connectivity index (χ0) is 18.1. The summed E-state index contributed by atoms with van der Waals surface area (Å²) < 4.78 is 16.5. The number of pyridine rings is 1. The maximum atomic E-state index is 14.4. The van der Waals surface area contributed by atoms with Gasteiger partial charge >= 0.3 is 0 Å². The minimum atomic E-state index is -0.0544. The van der Waals surface area contributed by atoms with E-state index in [0.29, 0.717) is 5.92 Å². The van der Waals surface area contributed by atoms with Gasteiger partial charge in [0.2, 0.25) is 5.69 Å². The molecule has 0 bridgehead atoms. The smallest absolute Gasteiger partial charge is 0.207 e. The molecule has 1 fully saturated rings. The molecule has 132 valence electrons. The molecule has 1 aliphatic rings. The van der Waals surface area contributed by atoms with Crippen LogP contribution in [0.15, 0.2) is 60.8 Å². The molecular formula is C24H25FN+. The maximum Gasteiger partial charge on any atom is 0.213 e. The molecule has 0 radical (unpaired) electrons. The van der Waals surface area contributed by atoms with Crippen LogP contribution in [-0.4, -0.2) is 0 Å². The third-order valence-corrected chi connectivity index (χ3v) is 5.70. The lowest BCUT2D eigenvalue weighted by atomic mass is 9.93. The molecule has 0 amide bonds. The molecule has 1 saturated carbocycles. The quantitative estimate of drug-likeness (QED) is 0.516. The minimum absolute atomic E-state index is 0.0544. The summed E-state index contributed by atoms with van der Waals surface area (Å²) >= 11 is 0. The summed E-state index contributed by atoms with van der Waals surface area (Å²) in [6.45, 7) is 2.14. The highest BCUT2D eigenvalue weighted by Crippen LogP contribution is 2.37. The van der Waals surface area contributed by atoms with E-state index in [0.717, 1.165) is 29.5 Å². The fourth-order valence-corrected chi connectivity index (χ4v) is 4.15. The van der Waals surface area contributed by atoms with Crippen molar-refractivity contribution in [3.8, 4) is 22.4 Å². The van der Waals surface area contributed by atoms with Gasteiger partial charge in [-0.25, -0.2) is 8.96 Å². The van der Waals surface area contributed by atoms with Gasteiger partial charge in [0, 0.05) is 17.7 Å². The molecule has 1 nitrogen and oxygen atoms in total. The zero-order valence-electron chi connectivity index (χ0n) is 15.5. The second-order valence-corrected chi connectivity index (χ2v) is 7.44. The predicted octanol–water partition coefficient (Wildman–Crippen LogP) is 5.95. The molecule has 0 N–H and O–H groups in total. The van der Waals surface area contributed by atoms with Crippen LogP contribution in [0.3, 0.4) is 0 Å². The number of aryl methyl sites for hydroxylation is 2. The van der Waals surface area contributed by atoms with E-state index in [9.17, 15) is 4.39 Å². The zero-order valence-corrected chi connectivity index (χ0v) is 15.5. The number of rotatable bonds is 3. The van der Waals surface area contributed by atoms with Gasteiger partial charge in [0.05, 0.1) is 0 Å². The van der Waals surface area contributed by atoms with E-state index in [2.05, 4.69) is 67.2 Å². The van der Waals surface area contributed by atoms with E-state index in [1.165, 1.54) is 29.7 Å². The molecule has 1 aliphatic carbocycles. The van der Waals surface area contributed by atoms with E-state index >= 15 is 0 Å². The highest BCUT2D eigenvalue weighted by atomic mass is 19.1. The van der Waals surface area contributed by atoms with E-state index in [1.807, 2.05) is 6.07 Å². The summed E-state index contributed by atoms with van der Waals surface area (Å²) in [6.07, 6.45) is 6.74. The fraction of sp³-hybridized carbons (Fsp3) is 0.292. The second-order valence-electron chi connectivity index (χ2n) is 7.44. The van der Waals surface area contributed by atoms with Crippen molar-refractivity contribution in [1.82, 2.24) is 0 Å². The standard InChI is InChI=1S/C24H25FN/c1-17-7-3-6-10-21(17)24-16-20(13-14-26(24)2)19-11-12-23(25)22(15-19)18-8-4-5-9-18/h3,6-7,10-16,18H,4-5,8-9H2,1-2H3/q+1. The lowest BCUT2D eigenvalue weighted by molar-refractivity contribution is -0.660. The van der Waals surface area contributed by atoms with Gasteiger partial charge in [0.15, 0.2) is 6.20 Å². The van der Waals surface area contributed by atoms with Crippen LogP contribution in [0.25, 0.3) is 22.4 Å². The van der Waals surface area contributed by atoms with Crippen LogP contribution in [-0.2, 0) is 7.05 Å². The Morgan fingerprint density at radius 3 is 2.42 bits per heavy atom. The second kappa shape index (κ2) is 7.03. The molecule has 3 aromatic rings. The van der Waals surface area contributed by atoms with Gasteiger partial charge in [-0.1, -0.05) is 37.1 Å². The van der Waals surface area contributed by atoms with Crippen LogP contribution in [0.2, 0.25) is 0 Å². The van der Waals surface area contributed by atoms with E-state index in [-0.39, 0.29) is 5.82 Å². The molecule has 2 heteroatoms. The fourth-order valence-electron chi connectivity index (χ4n) is 4.15. The van der Waals surface area contributed by atoms with Crippen molar-refractivity contribution < 1.29 is 8.96 Å². The summed E-state index contributed by atoms with van der Waals surface area (Å²) in [5, 5.41) is 0. The van der Waals surface area contributed by atoms with Gasteiger partial charge in [-0.15, -0.1) is 0 Å². The van der Waals surface area contributed by atoms with E-state index < -0.39 is 0 Å². The van der Waals surface area contributed by atoms with Gasteiger partial charge in [0.25, 0.3) is 0 Å². The molecule has 1 heterocycles. The summed E-state index contributed by atoms with van der Waals surface area (Å²) in [6, 6.07) is 18.4. The molecule has 4 rings (SSSR count). The van der Waals surface area contributed by atoms with Gasteiger partial charge in [-0.3, -0.25) is 0 Å². The number of benzene rings is 2. The van der Waals surface area contributed by atoms with Crippen LogP contribution >= 0.6 is 0 Å². The van der Waals surface area contributed by atoms with Gasteiger partial charge in [-0.2, -0.15) is 0 Å². The van der Waals surface area contributed by atoms with Crippen molar-refractivity contribution in [1.29, 1.82) is 0 Å². The Hall–Kier alpha value is -2.48. The predicted molar refractivity (Wildman–Crippen MR) is 104 cm³/mol. The van der Waals surface area contributed by atoms with Crippen LogP contribution in [0.5, 0.6) is 0 Å².